The Morgan fingerprint density at radius 1 is 1.23 bits per heavy atom. The summed E-state index contributed by atoms with van der Waals surface area (Å²) in [5, 5.41) is -0.447. The Morgan fingerprint density at radius 2 is 1.77 bits per heavy atom. The van der Waals surface area contributed by atoms with Crippen LogP contribution in [0.2, 0.25) is 0 Å². The van der Waals surface area contributed by atoms with Gasteiger partial charge in [-0.15, -0.1) is 13.2 Å². The fourth-order valence-corrected chi connectivity index (χ4v) is 0.972. The highest BCUT2D eigenvalue weighted by Gasteiger charge is 1.96. The average molecular weight is 200 g/mol. The van der Waals surface area contributed by atoms with Gasteiger partial charge >= 0.3 is 0 Å². The van der Waals surface area contributed by atoms with E-state index in [1.54, 1.807) is 18.2 Å². The van der Waals surface area contributed by atoms with Crippen LogP contribution in [0.25, 0.3) is 0 Å². The minimum atomic E-state index is -0.447. The second kappa shape index (κ2) is 7.77. The molecule has 0 heterocycles. The monoisotopic (exact) mass is 199 g/mol. The first-order chi connectivity index (χ1) is 6.20. The van der Waals surface area contributed by atoms with E-state index in [9.17, 15) is 4.79 Å². The number of rotatable bonds is 7. The predicted octanol–water partition coefficient (Wildman–Crippen LogP) is 1.98. The van der Waals surface area contributed by atoms with Gasteiger partial charge in [0.25, 0.3) is 0 Å². The number of halogens is 1. The highest BCUT2D eigenvalue weighted by molar-refractivity contribution is 6.66. The SMILES string of the molecule is C=CCN(CC=C)CC=CC(=O)Cl. The molecule has 2 nitrogen and oxygen atoms in total. The molecule has 0 aliphatic heterocycles. The van der Waals surface area contributed by atoms with Crippen molar-refractivity contribution in [2.75, 3.05) is 19.6 Å². The van der Waals surface area contributed by atoms with Crippen molar-refractivity contribution in [3.05, 3.63) is 37.5 Å². The molecule has 72 valence electrons. The van der Waals surface area contributed by atoms with E-state index in [0.717, 1.165) is 13.1 Å². The fourth-order valence-electron chi connectivity index (χ4n) is 0.883. The van der Waals surface area contributed by atoms with Gasteiger partial charge in [-0.05, 0) is 17.7 Å². The molecule has 0 bridgehead atoms. The van der Waals surface area contributed by atoms with Crippen LogP contribution in [0.5, 0.6) is 0 Å². The topological polar surface area (TPSA) is 20.3 Å². The Hall–Kier alpha value is -0.860. The number of allylic oxidation sites excluding steroid dienone is 1. The summed E-state index contributed by atoms with van der Waals surface area (Å²) >= 11 is 5.13. The highest BCUT2D eigenvalue weighted by Crippen LogP contribution is 1.91. The van der Waals surface area contributed by atoms with E-state index < -0.39 is 5.24 Å². The van der Waals surface area contributed by atoms with Crippen molar-refractivity contribution in [3.63, 3.8) is 0 Å². The summed E-state index contributed by atoms with van der Waals surface area (Å²) in [6.45, 7) is 9.48. The number of carbonyl (C=O) groups excluding carboxylic acids is 1. The zero-order valence-electron chi connectivity index (χ0n) is 7.58. The molecule has 0 saturated heterocycles. The number of hydrogen-bond donors (Lipinski definition) is 0. The van der Waals surface area contributed by atoms with Crippen LogP contribution < -0.4 is 0 Å². The molecule has 0 aromatic rings. The van der Waals surface area contributed by atoms with Crippen molar-refractivity contribution < 1.29 is 4.79 Å². The van der Waals surface area contributed by atoms with Crippen LogP contribution in [0, 0.1) is 0 Å². The first-order valence-electron chi connectivity index (χ1n) is 4.01. The van der Waals surface area contributed by atoms with Gasteiger partial charge in [-0.25, -0.2) is 0 Å². The first kappa shape index (κ1) is 12.1. The van der Waals surface area contributed by atoms with Gasteiger partial charge in [0, 0.05) is 19.6 Å². The third-order valence-electron chi connectivity index (χ3n) is 1.39. The second-order valence-corrected chi connectivity index (χ2v) is 2.87. The smallest absolute Gasteiger partial charge is 0.244 e. The first-order valence-corrected chi connectivity index (χ1v) is 4.38. The summed E-state index contributed by atoms with van der Waals surface area (Å²) in [5.41, 5.74) is 0. The Morgan fingerprint density at radius 3 is 2.15 bits per heavy atom. The van der Waals surface area contributed by atoms with Gasteiger partial charge in [0.15, 0.2) is 0 Å². The summed E-state index contributed by atoms with van der Waals surface area (Å²) in [4.78, 5) is 12.4. The van der Waals surface area contributed by atoms with Crippen LogP contribution >= 0.6 is 11.6 Å². The van der Waals surface area contributed by atoms with Gasteiger partial charge in [-0.3, -0.25) is 9.69 Å². The Labute approximate surface area is 84.2 Å². The lowest BCUT2D eigenvalue weighted by Crippen LogP contribution is -2.23. The van der Waals surface area contributed by atoms with Crippen LogP contribution in [-0.4, -0.2) is 29.8 Å². The van der Waals surface area contributed by atoms with Crippen molar-refractivity contribution in [2.45, 2.75) is 0 Å². The fraction of sp³-hybridized carbons (Fsp3) is 0.300. The van der Waals surface area contributed by atoms with E-state index in [1.165, 1.54) is 6.08 Å². The molecular weight excluding hydrogens is 186 g/mol. The normalized spacial score (nSPS) is 10.6. The van der Waals surface area contributed by atoms with Gasteiger partial charge in [0.1, 0.15) is 0 Å². The van der Waals surface area contributed by atoms with E-state index in [1.807, 2.05) is 0 Å². The summed E-state index contributed by atoms with van der Waals surface area (Å²) in [7, 11) is 0. The maximum absolute atomic E-state index is 10.4. The standard InChI is InChI=1S/C10H14ClNO/c1-3-7-12(8-4-2)9-5-6-10(11)13/h3-6H,1-2,7-9H2. The van der Waals surface area contributed by atoms with Crippen LogP contribution in [0.4, 0.5) is 0 Å². The molecular formula is C10H14ClNO. The molecule has 0 amide bonds. The molecule has 0 spiro atoms. The molecule has 3 heteroatoms. The minimum absolute atomic E-state index is 0.447. The Bertz CT molecular complexity index is 201. The third-order valence-corrected chi connectivity index (χ3v) is 1.51. The van der Waals surface area contributed by atoms with Gasteiger partial charge in [0.05, 0.1) is 0 Å². The van der Waals surface area contributed by atoms with Crippen molar-refractivity contribution in [3.8, 4) is 0 Å². The lowest BCUT2D eigenvalue weighted by Gasteiger charge is -2.15. The Balaban J connectivity index is 3.86. The summed E-state index contributed by atoms with van der Waals surface area (Å²) < 4.78 is 0. The molecule has 0 rings (SSSR count). The van der Waals surface area contributed by atoms with Gasteiger partial charge in [0.2, 0.25) is 5.24 Å². The molecule has 0 saturated carbocycles. The number of nitrogens with zero attached hydrogens (tertiary/aromatic N) is 1. The quantitative estimate of drug-likeness (QED) is 0.355. The lowest BCUT2D eigenvalue weighted by atomic mass is 10.4. The van der Waals surface area contributed by atoms with Crippen LogP contribution in [-0.2, 0) is 4.79 Å². The van der Waals surface area contributed by atoms with Crippen LogP contribution in [0.15, 0.2) is 37.5 Å². The van der Waals surface area contributed by atoms with Crippen molar-refractivity contribution in [1.29, 1.82) is 0 Å². The van der Waals surface area contributed by atoms with Gasteiger partial charge in [-0.2, -0.15) is 0 Å². The molecule has 0 N–H and O–H groups in total. The van der Waals surface area contributed by atoms with E-state index in [0.29, 0.717) is 6.54 Å². The molecule has 13 heavy (non-hydrogen) atoms. The molecule has 0 aliphatic rings. The largest absolute Gasteiger partial charge is 0.292 e. The van der Waals surface area contributed by atoms with Crippen LogP contribution in [0.1, 0.15) is 0 Å². The second-order valence-electron chi connectivity index (χ2n) is 2.50. The average Bonchev–Trinajstić information content (AvgIpc) is 2.04. The maximum atomic E-state index is 10.4. The molecule has 0 unspecified atom stereocenters. The zero-order valence-corrected chi connectivity index (χ0v) is 8.33. The third kappa shape index (κ3) is 7.50. The van der Waals surface area contributed by atoms with Crippen molar-refractivity contribution >= 4 is 16.8 Å². The minimum Gasteiger partial charge on any atom is -0.292 e. The molecule has 0 aliphatic carbocycles. The predicted molar refractivity (Wildman–Crippen MR) is 56.8 cm³/mol. The zero-order chi connectivity index (χ0) is 10.1. The van der Waals surface area contributed by atoms with Gasteiger partial charge in [-0.1, -0.05) is 18.2 Å². The van der Waals surface area contributed by atoms with Gasteiger partial charge < -0.3 is 0 Å². The van der Waals surface area contributed by atoms with Crippen molar-refractivity contribution in [2.24, 2.45) is 0 Å². The van der Waals surface area contributed by atoms with Crippen LogP contribution in [0.3, 0.4) is 0 Å². The molecule has 0 atom stereocenters. The van der Waals surface area contributed by atoms with E-state index in [4.69, 9.17) is 11.6 Å². The summed E-state index contributed by atoms with van der Waals surface area (Å²) in [6.07, 6.45) is 6.68. The van der Waals surface area contributed by atoms with Crippen molar-refractivity contribution in [1.82, 2.24) is 4.90 Å². The Kier molecular flexibility index (Phi) is 7.26. The van der Waals surface area contributed by atoms with E-state index >= 15 is 0 Å². The summed E-state index contributed by atoms with van der Waals surface area (Å²) in [5.74, 6) is 0. The van der Waals surface area contributed by atoms with E-state index in [2.05, 4.69) is 18.1 Å². The molecule has 0 aromatic carbocycles. The molecule has 0 radical (unpaired) electrons. The highest BCUT2D eigenvalue weighted by atomic mass is 35.5. The summed E-state index contributed by atoms with van der Waals surface area (Å²) in [6, 6.07) is 0. The number of hydrogen-bond acceptors (Lipinski definition) is 2. The molecule has 0 fully saturated rings. The number of carbonyl (C=O) groups is 1. The maximum Gasteiger partial charge on any atom is 0.244 e. The lowest BCUT2D eigenvalue weighted by molar-refractivity contribution is -0.107. The van der Waals surface area contributed by atoms with E-state index in [-0.39, 0.29) is 0 Å². The molecule has 0 aromatic heterocycles.